The predicted molar refractivity (Wildman–Crippen MR) is 80.4 cm³/mol. The second kappa shape index (κ2) is 5.84. The maximum atomic E-state index is 13.9. The summed E-state index contributed by atoms with van der Waals surface area (Å²) in [5, 5.41) is 0. The van der Waals surface area contributed by atoms with Crippen LogP contribution in [0, 0.1) is 5.82 Å². The fourth-order valence-electron chi connectivity index (χ4n) is 2.97. The lowest BCUT2D eigenvalue weighted by molar-refractivity contribution is 0.204. The van der Waals surface area contributed by atoms with Crippen LogP contribution in [0.25, 0.3) is 0 Å². The molecule has 1 atom stereocenters. The van der Waals surface area contributed by atoms with Crippen LogP contribution in [-0.2, 0) is 13.1 Å². The standard InChI is InChI=1S/C17H19FN2O/c1-21-17-7-6-12(8-15(17)18)16(9-19)20-10-13-4-2-3-5-14(13)11-20/h2-8,16H,9-11,19H2,1H3. The molecule has 1 unspecified atom stereocenters. The van der Waals surface area contributed by atoms with E-state index in [1.165, 1.54) is 24.3 Å². The molecule has 0 fully saturated rings. The molecule has 4 heteroatoms. The van der Waals surface area contributed by atoms with E-state index in [0.717, 1.165) is 18.7 Å². The molecule has 2 aromatic carbocycles. The van der Waals surface area contributed by atoms with Gasteiger partial charge in [-0.1, -0.05) is 30.3 Å². The number of methoxy groups -OCH3 is 1. The molecule has 1 aliphatic heterocycles. The molecule has 0 radical (unpaired) electrons. The number of rotatable bonds is 4. The van der Waals surface area contributed by atoms with Crippen LogP contribution in [0.1, 0.15) is 22.7 Å². The molecule has 3 nitrogen and oxygen atoms in total. The van der Waals surface area contributed by atoms with E-state index >= 15 is 0 Å². The van der Waals surface area contributed by atoms with Gasteiger partial charge in [0.05, 0.1) is 7.11 Å². The molecule has 0 aliphatic carbocycles. The van der Waals surface area contributed by atoms with E-state index in [4.69, 9.17) is 10.5 Å². The topological polar surface area (TPSA) is 38.5 Å². The fourth-order valence-corrected chi connectivity index (χ4v) is 2.97. The zero-order valence-corrected chi connectivity index (χ0v) is 12.1. The highest BCUT2D eigenvalue weighted by Crippen LogP contribution is 2.32. The van der Waals surface area contributed by atoms with Gasteiger partial charge in [0.1, 0.15) is 0 Å². The molecule has 0 amide bonds. The molecule has 3 rings (SSSR count). The van der Waals surface area contributed by atoms with E-state index in [1.54, 1.807) is 6.07 Å². The molecular formula is C17H19FN2O. The van der Waals surface area contributed by atoms with Gasteiger partial charge in [-0.2, -0.15) is 0 Å². The van der Waals surface area contributed by atoms with Crippen molar-refractivity contribution in [1.29, 1.82) is 0 Å². The van der Waals surface area contributed by atoms with Gasteiger partial charge in [0.15, 0.2) is 11.6 Å². The van der Waals surface area contributed by atoms with Gasteiger partial charge in [0.25, 0.3) is 0 Å². The van der Waals surface area contributed by atoms with Gasteiger partial charge < -0.3 is 10.5 Å². The first kappa shape index (κ1) is 14.0. The maximum absolute atomic E-state index is 13.9. The van der Waals surface area contributed by atoms with Gasteiger partial charge in [-0.3, -0.25) is 4.90 Å². The lowest BCUT2D eigenvalue weighted by atomic mass is 10.1. The number of halogens is 1. The predicted octanol–water partition coefficient (Wildman–Crippen LogP) is 2.85. The molecule has 2 N–H and O–H groups in total. The smallest absolute Gasteiger partial charge is 0.165 e. The quantitative estimate of drug-likeness (QED) is 0.939. The van der Waals surface area contributed by atoms with Crippen molar-refractivity contribution in [3.63, 3.8) is 0 Å². The Morgan fingerprint density at radius 3 is 2.38 bits per heavy atom. The molecule has 21 heavy (non-hydrogen) atoms. The Morgan fingerprint density at radius 2 is 1.86 bits per heavy atom. The SMILES string of the molecule is COc1ccc(C(CN)N2Cc3ccccc3C2)cc1F. The van der Waals surface area contributed by atoms with Gasteiger partial charge >= 0.3 is 0 Å². The summed E-state index contributed by atoms with van der Waals surface area (Å²) >= 11 is 0. The average Bonchev–Trinajstić information content (AvgIpc) is 2.91. The number of nitrogens with two attached hydrogens (primary N) is 1. The Morgan fingerprint density at radius 1 is 1.19 bits per heavy atom. The van der Waals surface area contributed by atoms with Gasteiger partial charge in [0, 0.05) is 25.7 Å². The van der Waals surface area contributed by atoms with Crippen LogP contribution in [0.2, 0.25) is 0 Å². The van der Waals surface area contributed by atoms with E-state index < -0.39 is 0 Å². The molecule has 0 bridgehead atoms. The minimum absolute atomic E-state index is 0.0119. The molecule has 110 valence electrons. The van der Waals surface area contributed by atoms with Crippen molar-refractivity contribution in [3.05, 3.63) is 65.0 Å². The van der Waals surface area contributed by atoms with Crippen molar-refractivity contribution in [2.24, 2.45) is 5.73 Å². The third kappa shape index (κ3) is 2.64. The zero-order valence-electron chi connectivity index (χ0n) is 12.1. The molecule has 2 aromatic rings. The molecule has 1 aliphatic rings. The minimum atomic E-state index is -0.342. The van der Waals surface area contributed by atoms with Crippen molar-refractivity contribution >= 4 is 0 Å². The van der Waals surface area contributed by atoms with Crippen LogP contribution in [-0.4, -0.2) is 18.6 Å². The Hall–Kier alpha value is -1.91. The first-order chi connectivity index (χ1) is 10.2. The summed E-state index contributed by atoms with van der Waals surface area (Å²) in [6, 6.07) is 13.5. The Kier molecular flexibility index (Phi) is 3.90. The van der Waals surface area contributed by atoms with Crippen LogP contribution in [0.3, 0.4) is 0 Å². The molecule has 1 heterocycles. The third-order valence-electron chi connectivity index (χ3n) is 4.09. The Labute approximate surface area is 124 Å². The molecular weight excluding hydrogens is 267 g/mol. The van der Waals surface area contributed by atoms with E-state index in [2.05, 4.69) is 17.0 Å². The summed E-state index contributed by atoms with van der Waals surface area (Å²) in [6.07, 6.45) is 0. The van der Waals surface area contributed by atoms with Crippen molar-refractivity contribution in [2.75, 3.05) is 13.7 Å². The number of benzene rings is 2. The minimum Gasteiger partial charge on any atom is -0.494 e. The van der Waals surface area contributed by atoms with Crippen molar-refractivity contribution in [2.45, 2.75) is 19.1 Å². The highest BCUT2D eigenvalue weighted by Gasteiger charge is 2.26. The van der Waals surface area contributed by atoms with E-state index in [-0.39, 0.29) is 17.6 Å². The third-order valence-corrected chi connectivity index (χ3v) is 4.09. The number of nitrogens with zero attached hydrogens (tertiary/aromatic N) is 1. The van der Waals surface area contributed by atoms with Crippen LogP contribution >= 0.6 is 0 Å². The van der Waals surface area contributed by atoms with Gasteiger partial charge in [-0.05, 0) is 28.8 Å². The highest BCUT2D eigenvalue weighted by atomic mass is 19.1. The van der Waals surface area contributed by atoms with E-state index in [0.29, 0.717) is 6.54 Å². The zero-order chi connectivity index (χ0) is 14.8. The molecule has 0 spiro atoms. The summed E-state index contributed by atoms with van der Waals surface area (Å²) in [6.45, 7) is 2.16. The average molecular weight is 286 g/mol. The Balaban J connectivity index is 1.85. The van der Waals surface area contributed by atoms with Crippen molar-refractivity contribution in [3.8, 4) is 5.75 Å². The normalized spacial score (nSPS) is 15.8. The monoisotopic (exact) mass is 286 g/mol. The van der Waals surface area contributed by atoms with Crippen molar-refractivity contribution in [1.82, 2.24) is 4.90 Å². The summed E-state index contributed by atoms with van der Waals surface area (Å²) in [5.41, 5.74) is 9.49. The number of ether oxygens (including phenoxy) is 1. The lowest BCUT2D eigenvalue weighted by Gasteiger charge is -2.27. The first-order valence-electron chi connectivity index (χ1n) is 7.07. The summed E-state index contributed by atoms with van der Waals surface area (Å²) in [5.74, 6) is -0.0793. The van der Waals surface area contributed by atoms with E-state index in [1.807, 2.05) is 18.2 Å². The summed E-state index contributed by atoms with van der Waals surface area (Å²) in [4.78, 5) is 2.28. The second-order valence-corrected chi connectivity index (χ2v) is 5.32. The van der Waals surface area contributed by atoms with Gasteiger partial charge in [-0.15, -0.1) is 0 Å². The molecule has 0 saturated carbocycles. The second-order valence-electron chi connectivity index (χ2n) is 5.32. The largest absolute Gasteiger partial charge is 0.494 e. The highest BCUT2D eigenvalue weighted by molar-refractivity contribution is 5.34. The van der Waals surface area contributed by atoms with Gasteiger partial charge in [-0.25, -0.2) is 4.39 Å². The maximum Gasteiger partial charge on any atom is 0.165 e. The summed E-state index contributed by atoms with van der Waals surface area (Å²) in [7, 11) is 1.47. The fraction of sp³-hybridized carbons (Fsp3) is 0.294. The number of hydrogen-bond acceptors (Lipinski definition) is 3. The molecule has 0 saturated heterocycles. The van der Waals surface area contributed by atoms with Crippen LogP contribution in [0.5, 0.6) is 5.75 Å². The number of hydrogen-bond donors (Lipinski definition) is 1. The Bertz CT molecular complexity index is 619. The first-order valence-corrected chi connectivity index (χ1v) is 7.07. The van der Waals surface area contributed by atoms with Gasteiger partial charge in [0.2, 0.25) is 0 Å². The number of fused-ring (bicyclic) bond motifs is 1. The van der Waals surface area contributed by atoms with E-state index in [9.17, 15) is 4.39 Å². The van der Waals surface area contributed by atoms with Crippen LogP contribution < -0.4 is 10.5 Å². The summed E-state index contributed by atoms with van der Waals surface area (Å²) < 4.78 is 18.9. The van der Waals surface area contributed by atoms with Crippen molar-refractivity contribution < 1.29 is 9.13 Å². The van der Waals surface area contributed by atoms with Crippen LogP contribution in [0.4, 0.5) is 4.39 Å². The van der Waals surface area contributed by atoms with Crippen LogP contribution in [0.15, 0.2) is 42.5 Å². The lowest BCUT2D eigenvalue weighted by Crippen LogP contribution is -2.29. The molecule has 0 aromatic heterocycles.